The number of carbonyl (C=O) groups excluding carboxylic acids is 2. The van der Waals surface area contributed by atoms with Gasteiger partial charge in [0.15, 0.2) is 0 Å². The van der Waals surface area contributed by atoms with Crippen LogP contribution in [0.4, 0.5) is 0 Å². The highest BCUT2D eigenvalue weighted by molar-refractivity contribution is 7.21. The maximum atomic E-state index is 13.6. The van der Waals surface area contributed by atoms with Crippen LogP contribution >= 0.6 is 11.3 Å². The zero-order valence-electron chi connectivity index (χ0n) is 18.2. The fourth-order valence-electron chi connectivity index (χ4n) is 5.28. The van der Waals surface area contributed by atoms with Crippen LogP contribution < -0.4 is 0 Å². The number of carbonyl (C=O) groups is 2. The lowest BCUT2D eigenvalue weighted by molar-refractivity contribution is -0.138. The van der Waals surface area contributed by atoms with Crippen molar-refractivity contribution in [1.29, 1.82) is 0 Å². The number of benzene rings is 1. The standard InChI is InChI=1S/C24H31N3O3S/c1-25-13-14-30-19(15-25)22-18-9-5-6-10-20(18)31-23(22)24(29)26-11-12-27(21(28)16-26)17-7-3-2-4-8-17/h5-6,9-10,17,19H,2-4,7-8,11-16H2,1H3/t19-/m1/s1. The second kappa shape index (κ2) is 8.88. The number of hydrogen-bond donors (Lipinski definition) is 0. The van der Waals surface area contributed by atoms with Crippen LogP contribution in [0.15, 0.2) is 24.3 Å². The van der Waals surface area contributed by atoms with Gasteiger partial charge in [0, 0.05) is 42.5 Å². The van der Waals surface area contributed by atoms with E-state index in [0.717, 1.165) is 46.5 Å². The Morgan fingerprint density at radius 3 is 2.68 bits per heavy atom. The van der Waals surface area contributed by atoms with Gasteiger partial charge in [-0.25, -0.2) is 0 Å². The summed E-state index contributed by atoms with van der Waals surface area (Å²) < 4.78 is 7.22. The molecular formula is C24H31N3O3S. The maximum Gasteiger partial charge on any atom is 0.264 e. The topological polar surface area (TPSA) is 53.1 Å². The van der Waals surface area contributed by atoms with Crippen molar-refractivity contribution in [2.45, 2.75) is 44.2 Å². The summed E-state index contributed by atoms with van der Waals surface area (Å²) in [5, 5.41) is 1.10. The van der Waals surface area contributed by atoms with Crippen molar-refractivity contribution in [3.63, 3.8) is 0 Å². The Kier molecular flexibility index (Phi) is 5.99. The quantitative estimate of drug-likeness (QED) is 0.731. The molecule has 2 aromatic rings. The smallest absolute Gasteiger partial charge is 0.264 e. The van der Waals surface area contributed by atoms with Gasteiger partial charge in [0.2, 0.25) is 5.91 Å². The van der Waals surface area contributed by atoms with Crippen molar-refractivity contribution >= 4 is 33.2 Å². The minimum atomic E-state index is -0.118. The summed E-state index contributed by atoms with van der Waals surface area (Å²) in [4.78, 5) is 33.4. The van der Waals surface area contributed by atoms with E-state index in [1.54, 1.807) is 4.90 Å². The van der Waals surface area contributed by atoms with Gasteiger partial charge < -0.3 is 19.4 Å². The maximum absolute atomic E-state index is 13.6. The summed E-state index contributed by atoms with van der Waals surface area (Å²) in [6.45, 7) is 3.79. The summed E-state index contributed by atoms with van der Waals surface area (Å²) in [5.41, 5.74) is 0.999. The van der Waals surface area contributed by atoms with Gasteiger partial charge in [-0.05, 0) is 31.3 Å². The molecule has 166 valence electrons. The molecule has 6 nitrogen and oxygen atoms in total. The van der Waals surface area contributed by atoms with E-state index in [0.29, 0.717) is 25.7 Å². The number of ether oxygens (including phenoxy) is 1. The predicted molar refractivity (Wildman–Crippen MR) is 123 cm³/mol. The van der Waals surface area contributed by atoms with Gasteiger partial charge in [0.1, 0.15) is 6.54 Å². The van der Waals surface area contributed by atoms with E-state index in [-0.39, 0.29) is 24.5 Å². The summed E-state index contributed by atoms with van der Waals surface area (Å²) in [6.07, 6.45) is 5.78. The molecule has 1 aromatic carbocycles. The molecule has 3 heterocycles. The van der Waals surface area contributed by atoms with E-state index in [4.69, 9.17) is 4.74 Å². The van der Waals surface area contributed by atoms with Gasteiger partial charge in [0.25, 0.3) is 5.91 Å². The van der Waals surface area contributed by atoms with Crippen molar-refractivity contribution < 1.29 is 14.3 Å². The molecule has 0 spiro atoms. The highest BCUT2D eigenvalue weighted by Crippen LogP contribution is 2.39. The molecule has 1 saturated carbocycles. The fourth-order valence-corrected chi connectivity index (χ4v) is 6.50. The Morgan fingerprint density at radius 1 is 1.10 bits per heavy atom. The second-order valence-electron chi connectivity index (χ2n) is 9.07. The highest BCUT2D eigenvalue weighted by atomic mass is 32.1. The minimum absolute atomic E-state index is 0.0235. The van der Waals surface area contributed by atoms with E-state index in [1.807, 2.05) is 17.0 Å². The zero-order chi connectivity index (χ0) is 21.4. The SMILES string of the molecule is CN1CCO[C@@H](c2c(C(=O)N3CCN(C4CCCCC4)C(=O)C3)sc3ccccc23)C1. The molecule has 2 amide bonds. The average Bonchev–Trinajstić information content (AvgIpc) is 3.19. The average molecular weight is 442 g/mol. The molecule has 0 bridgehead atoms. The summed E-state index contributed by atoms with van der Waals surface area (Å²) in [5.74, 6) is 0.0764. The van der Waals surface area contributed by atoms with Crippen LogP contribution in [0.25, 0.3) is 10.1 Å². The monoisotopic (exact) mass is 441 g/mol. The van der Waals surface area contributed by atoms with E-state index in [9.17, 15) is 9.59 Å². The molecule has 3 fully saturated rings. The first-order chi connectivity index (χ1) is 15.1. The number of rotatable bonds is 3. The molecule has 31 heavy (non-hydrogen) atoms. The Hall–Kier alpha value is -1.96. The van der Waals surface area contributed by atoms with E-state index in [2.05, 4.69) is 24.1 Å². The van der Waals surface area contributed by atoms with Gasteiger partial charge in [0.05, 0.1) is 17.6 Å². The molecule has 0 N–H and O–H groups in total. The molecule has 0 radical (unpaired) electrons. The summed E-state index contributed by atoms with van der Waals surface area (Å²) in [6, 6.07) is 8.55. The zero-order valence-corrected chi connectivity index (χ0v) is 19.0. The first-order valence-corrected chi connectivity index (χ1v) is 12.3. The van der Waals surface area contributed by atoms with Crippen molar-refractivity contribution in [1.82, 2.24) is 14.7 Å². The first kappa shape index (κ1) is 20.9. The molecule has 2 aliphatic heterocycles. The first-order valence-electron chi connectivity index (χ1n) is 11.5. The van der Waals surface area contributed by atoms with Gasteiger partial charge in [-0.2, -0.15) is 0 Å². The number of morpholine rings is 1. The highest BCUT2D eigenvalue weighted by Gasteiger charge is 2.35. The van der Waals surface area contributed by atoms with Crippen molar-refractivity contribution in [3.05, 3.63) is 34.7 Å². The second-order valence-corrected chi connectivity index (χ2v) is 10.1. The number of thiophene rings is 1. The molecule has 1 aliphatic carbocycles. The minimum Gasteiger partial charge on any atom is -0.371 e. The Labute approximate surface area is 187 Å². The molecule has 1 aromatic heterocycles. The van der Waals surface area contributed by atoms with Gasteiger partial charge >= 0.3 is 0 Å². The van der Waals surface area contributed by atoms with Crippen LogP contribution in [0.1, 0.15) is 53.4 Å². The molecule has 5 rings (SSSR count). The van der Waals surface area contributed by atoms with Crippen molar-refractivity contribution in [2.75, 3.05) is 46.4 Å². The summed E-state index contributed by atoms with van der Waals surface area (Å²) in [7, 11) is 2.09. The molecule has 7 heteroatoms. The third-order valence-electron chi connectivity index (χ3n) is 6.98. The third-order valence-corrected chi connectivity index (χ3v) is 8.15. The van der Waals surface area contributed by atoms with Crippen LogP contribution in [0.2, 0.25) is 0 Å². The molecule has 3 aliphatic rings. The van der Waals surface area contributed by atoms with Gasteiger partial charge in [-0.15, -0.1) is 11.3 Å². The van der Waals surface area contributed by atoms with E-state index < -0.39 is 0 Å². The van der Waals surface area contributed by atoms with Crippen LogP contribution in [0, 0.1) is 0 Å². The van der Waals surface area contributed by atoms with Crippen LogP contribution in [0.5, 0.6) is 0 Å². The van der Waals surface area contributed by atoms with E-state index >= 15 is 0 Å². The van der Waals surface area contributed by atoms with Gasteiger partial charge in [-0.1, -0.05) is 37.5 Å². The lowest BCUT2D eigenvalue weighted by Crippen LogP contribution is -2.55. The normalized spacial score (nSPS) is 24.2. The van der Waals surface area contributed by atoms with Crippen molar-refractivity contribution in [2.24, 2.45) is 0 Å². The van der Waals surface area contributed by atoms with Crippen LogP contribution in [-0.2, 0) is 9.53 Å². The Balaban J connectivity index is 1.40. The number of fused-ring (bicyclic) bond motifs is 1. The lowest BCUT2D eigenvalue weighted by Gasteiger charge is -2.40. The number of piperazine rings is 1. The number of likely N-dealkylation sites (N-methyl/N-ethyl adjacent to an activating group) is 1. The van der Waals surface area contributed by atoms with Crippen LogP contribution in [0.3, 0.4) is 0 Å². The lowest BCUT2D eigenvalue weighted by atomic mass is 9.93. The third kappa shape index (κ3) is 4.11. The van der Waals surface area contributed by atoms with Crippen LogP contribution in [-0.4, -0.2) is 78.9 Å². The molecule has 0 unspecified atom stereocenters. The molecule has 1 atom stereocenters. The largest absolute Gasteiger partial charge is 0.371 e. The number of nitrogens with zero attached hydrogens (tertiary/aromatic N) is 3. The van der Waals surface area contributed by atoms with E-state index in [1.165, 1.54) is 30.6 Å². The van der Waals surface area contributed by atoms with Crippen molar-refractivity contribution in [3.8, 4) is 0 Å². The summed E-state index contributed by atoms with van der Waals surface area (Å²) >= 11 is 1.54. The number of amides is 2. The molecular weight excluding hydrogens is 410 g/mol. The molecule has 2 saturated heterocycles. The Morgan fingerprint density at radius 2 is 1.90 bits per heavy atom. The fraction of sp³-hybridized carbons (Fsp3) is 0.583. The predicted octanol–water partition coefficient (Wildman–Crippen LogP) is 3.52. The van der Waals surface area contributed by atoms with Gasteiger partial charge in [-0.3, -0.25) is 9.59 Å². The number of hydrogen-bond acceptors (Lipinski definition) is 5. The Bertz CT molecular complexity index is 968.